The Bertz CT molecular complexity index is 1020. The van der Waals surface area contributed by atoms with E-state index < -0.39 is 23.9 Å². The van der Waals surface area contributed by atoms with Crippen molar-refractivity contribution in [2.24, 2.45) is 23.7 Å². The van der Waals surface area contributed by atoms with Crippen LogP contribution in [0.4, 0.5) is 0 Å². The van der Waals surface area contributed by atoms with E-state index in [1.165, 1.54) is 0 Å². The zero-order chi connectivity index (χ0) is 26.2. The van der Waals surface area contributed by atoms with Gasteiger partial charge in [-0.3, -0.25) is 0 Å². The summed E-state index contributed by atoms with van der Waals surface area (Å²) in [4.78, 5) is 50.6. The number of carbonyl (C=O) groups is 4. The van der Waals surface area contributed by atoms with Crippen molar-refractivity contribution in [2.45, 2.75) is 89.3 Å². The van der Waals surface area contributed by atoms with Crippen LogP contribution in [0, 0.1) is 23.7 Å². The van der Waals surface area contributed by atoms with Gasteiger partial charge in [0.2, 0.25) is 0 Å². The second kappa shape index (κ2) is 10.9. The molecule has 6 unspecified atom stereocenters. The van der Waals surface area contributed by atoms with E-state index >= 15 is 0 Å². The molecule has 2 heterocycles. The maximum atomic E-state index is 12.9. The molecule has 0 aromatic heterocycles. The summed E-state index contributed by atoms with van der Waals surface area (Å²) >= 11 is 0. The molecule has 2 saturated carbocycles. The molecule has 4 aliphatic carbocycles. The molecule has 0 radical (unpaired) electrons. The number of fused-ring (bicyclic) bond motifs is 4. The molecule has 0 spiro atoms. The average molecular weight is 525 g/mol. The standard InChI is InChI=1S/C30H36O8/c31-25(37-29(33)27-19-7-5-17(13-19)23(27)15-21-3-1-11-35-21)9-10-26(32)38-30(34)28-20-8-6-18(14-20)24(28)16-22-4-2-12-36-22/h9-10,17-22H,1-8,11-16H2/b10-9-. The summed E-state index contributed by atoms with van der Waals surface area (Å²) in [6.07, 6.45) is 13.3. The summed E-state index contributed by atoms with van der Waals surface area (Å²) < 4.78 is 21.7. The normalized spacial score (nSPS) is 33.7. The Balaban J connectivity index is 1.05. The molecule has 8 nitrogen and oxygen atoms in total. The van der Waals surface area contributed by atoms with Crippen LogP contribution in [0.25, 0.3) is 0 Å². The van der Waals surface area contributed by atoms with Gasteiger partial charge in [-0.05, 0) is 101 Å². The Morgan fingerprint density at radius 1 is 0.632 bits per heavy atom. The Morgan fingerprint density at radius 3 is 1.45 bits per heavy atom. The van der Waals surface area contributed by atoms with Crippen LogP contribution < -0.4 is 0 Å². The monoisotopic (exact) mass is 524 g/mol. The SMILES string of the molecule is O=C(/C=C\C(=O)OC(=O)C1=C(CC2CCCO2)C2CCC1C2)OC(=O)C1=C(CC2CCCO2)C2CCC1C2. The van der Waals surface area contributed by atoms with Crippen molar-refractivity contribution in [3.8, 4) is 0 Å². The van der Waals surface area contributed by atoms with Gasteiger partial charge >= 0.3 is 23.9 Å². The van der Waals surface area contributed by atoms with Gasteiger partial charge in [0.25, 0.3) is 0 Å². The third kappa shape index (κ3) is 5.17. The predicted octanol–water partition coefficient (Wildman–Crippen LogP) is 4.27. The highest BCUT2D eigenvalue weighted by Gasteiger charge is 2.45. The number of hydrogen-bond donors (Lipinski definition) is 0. The average Bonchev–Trinajstić information content (AvgIpc) is 3.72. The third-order valence-corrected chi connectivity index (χ3v) is 9.48. The zero-order valence-corrected chi connectivity index (χ0v) is 21.8. The van der Waals surface area contributed by atoms with Crippen LogP contribution in [0.2, 0.25) is 0 Å². The van der Waals surface area contributed by atoms with E-state index in [4.69, 9.17) is 18.9 Å². The highest BCUT2D eigenvalue weighted by Crippen LogP contribution is 2.52. The molecule has 8 heteroatoms. The molecular weight excluding hydrogens is 488 g/mol. The highest BCUT2D eigenvalue weighted by molar-refractivity contribution is 6.05. The molecule has 4 bridgehead atoms. The lowest BCUT2D eigenvalue weighted by molar-refractivity contribution is -0.156. The summed E-state index contributed by atoms with van der Waals surface area (Å²) in [5.74, 6) is -2.16. The van der Waals surface area contributed by atoms with Gasteiger partial charge in [-0.2, -0.15) is 0 Å². The molecule has 6 aliphatic rings. The smallest absolute Gasteiger partial charge is 0.342 e. The lowest BCUT2D eigenvalue weighted by atomic mass is 9.88. The molecule has 38 heavy (non-hydrogen) atoms. The van der Waals surface area contributed by atoms with E-state index in [2.05, 4.69) is 0 Å². The van der Waals surface area contributed by atoms with Gasteiger partial charge in [-0.1, -0.05) is 11.1 Å². The number of ether oxygens (including phenoxy) is 4. The fraction of sp³-hybridized carbons (Fsp3) is 0.667. The number of hydrogen-bond acceptors (Lipinski definition) is 8. The van der Waals surface area contributed by atoms with E-state index in [1.807, 2.05) is 0 Å². The van der Waals surface area contributed by atoms with Gasteiger partial charge in [-0.25, -0.2) is 19.2 Å². The first-order chi connectivity index (χ1) is 18.5. The van der Waals surface area contributed by atoms with Crippen LogP contribution in [-0.2, 0) is 38.1 Å². The van der Waals surface area contributed by atoms with Crippen molar-refractivity contribution in [1.82, 2.24) is 0 Å². The Kier molecular flexibility index (Phi) is 7.36. The van der Waals surface area contributed by atoms with Crippen molar-refractivity contribution < 1.29 is 38.1 Å². The molecule has 2 saturated heterocycles. The van der Waals surface area contributed by atoms with E-state index in [0.717, 1.165) is 114 Å². The summed E-state index contributed by atoms with van der Waals surface area (Å²) in [5, 5.41) is 0. The van der Waals surface area contributed by atoms with Crippen LogP contribution in [0.5, 0.6) is 0 Å². The summed E-state index contributed by atoms with van der Waals surface area (Å²) in [5.41, 5.74) is 3.41. The second-order valence-electron chi connectivity index (χ2n) is 11.7. The van der Waals surface area contributed by atoms with Crippen LogP contribution >= 0.6 is 0 Å². The van der Waals surface area contributed by atoms with Gasteiger partial charge in [-0.15, -0.1) is 0 Å². The summed E-state index contributed by atoms with van der Waals surface area (Å²) in [7, 11) is 0. The zero-order valence-electron chi connectivity index (χ0n) is 21.8. The first-order valence-corrected chi connectivity index (χ1v) is 14.4. The fourth-order valence-electron chi connectivity index (χ4n) is 7.83. The van der Waals surface area contributed by atoms with Crippen LogP contribution in [0.3, 0.4) is 0 Å². The fourth-order valence-corrected chi connectivity index (χ4v) is 7.83. The van der Waals surface area contributed by atoms with Crippen LogP contribution in [0.1, 0.15) is 77.0 Å². The lowest BCUT2D eigenvalue weighted by Crippen LogP contribution is -2.21. The third-order valence-electron chi connectivity index (χ3n) is 9.48. The van der Waals surface area contributed by atoms with E-state index in [-0.39, 0.29) is 24.0 Å². The lowest BCUT2D eigenvalue weighted by Gasteiger charge is -2.21. The topological polar surface area (TPSA) is 105 Å². The molecule has 2 aliphatic heterocycles. The van der Waals surface area contributed by atoms with E-state index in [0.29, 0.717) is 23.0 Å². The molecule has 0 N–H and O–H groups in total. The molecule has 0 aromatic carbocycles. The number of esters is 4. The van der Waals surface area contributed by atoms with Crippen molar-refractivity contribution in [2.75, 3.05) is 13.2 Å². The van der Waals surface area contributed by atoms with Crippen molar-refractivity contribution in [3.05, 3.63) is 34.4 Å². The second-order valence-corrected chi connectivity index (χ2v) is 11.7. The minimum atomic E-state index is -0.940. The van der Waals surface area contributed by atoms with Crippen molar-refractivity contribution in [1.29, 1.82) is 0 Å². The molecule has 4 fully saturated rings. The molecular formula is C30H36O8. The molecule has 0 amide bonds. The Morgan fingerprint density at radius 2 is 1.05 bits per heavy atom. The van der Waals surface area contributed by atoms with Gasteiger partial charge in [0.1, 0.15) is 0 Å². The molecule has 0 aromatic rings. The minimum Gasteiger partial charge on any atom is -0.386 e. The maximum Gasteiger partial charge on any atom is 0.342 e. The largest absolute Gasteiger partial charge is 0.386 e. The van der Waals surface area contributed by atoms with Gasteiger partial charge in [0.15, 0.2) is 0 Å². The number of carbonyl (C=O) groups excluding carboxylic acids is 4. The summed E-state index contributed by atoms with van der Waals surface area (Å²) in [6, 6.07) is 0. The van der Waals surface area contributed by atoms with Gasteiger partial charge < -0.3 is 18.9 Å². The first-order valence-electron chi connectivity index (χ1n) is 14.4. The van der Waals surface area contributed by atoms with Gasteiger partial charge in [0.05, 0.1) is 12.2 Å². The van der Waals surface area contributed by atoms with Gasteiger partial charge in [0, 0.05) is 36.5 Å². The van der Waals surface area contributed by atoms with Crippen LogP contribution in [0.15, 0.2) is 34.4 Å². The Hall–Kier alpha value is -2.58. The molecule has 6 rings (SSSR count). The first kappa shape index (κ1) is 25.7. The highest BCUT2D eigenvalue weighted by atomic mass is 16.6. The quantitative estimate of drug-likeness (QED) is 0.263. The predicted molar refractivity (Wildman–Crippen MR) is 134 cm³/mol. The molecule has 6 atom stereocenters. The van der Waals surface area contributed by atoms with Crippen molar-refractivity contribution >= 4 is 23.9 Å². The van der Waals surface area contributed by atoms with Crippen LogP contribution in [-0.4, -0.2) is 49.3 Å². The molecule has 204 valence electrons. The van der Waals surface area contributed by atoms with E-state index in [9.17, 15) is 19.2 Å². The maximum absolute atomic E-state index is 12.9. The number of rotatable bonds is 8. The minimum absolute atomic E-state index is 0.127. The van der Waals surface area contributed by atoms with E-state index in [1.54, 1.807) is 0 Å². The summed E-state index contributed by atoms with van der Waals surface area (Å²) in [6.45, 7) is 1.50. The van der Waals surface area contributed by atoms with Crippen molar-refractivity contribution in [3.63, 3.8) is 0 Å². The Labute approximate surface area is 222 Å².